The van der Waals surface area contributed by atoms with Gasteiger partial charge < -0.3 is 15.7 Å². The SMILES string of the molecule is CCc1ccc2c(c1)C(CCNC(=O)CCCCC(=O)O)C(=O)N2. The van der Waals surface area contributed by atoms with Crippen LogP contribution < -0.4 is 10.6 Å². The van der Waals surface area contributed by atoms with Gasteiger partial charge >= 0.3 is 5.97 Å². The number of carbonyl (C=O) groups excluding carboxylic acids is 2. The van der Waals surface area contributed by atoms with Crippen LogP contribution in [0.15, 0.2) is 18.2 Å². The van der Waals surface area contributed by atoms with Crippen LogP contribution in [-0.4, -0.2) is 29.4 Å². The first-order valence-electron chi connectivity index (χ1n) is 8.43. The summed E-state index contributed by atoms with van der Waals surface area (Å²) in [6.07, 6.45) is 2.95. The van der Waals surface area contributed by atoms with Gasteiger partial charge in [0, 0.05) is 25.1 Å². The molecule has 6 heteroatoms. The summed E-state index contributed by atoms with van der Waals surface area (Å²) in [4.78, 5) is 34.2. The third-order valence-electron chi connectivity index (χ3n) is 4.27. The van der Waals surface area contributed by atoms with E-state index in [0.717, 1.165) is 17.7 Å². The monoisotopic (exact) mass is 332 g/mol. The lowest BCUT2D eigenvalue weighted by molar-refractivity contribution is -0.137. The van der Waals surface area contributed by atoms with Crippen molar-refractivity contribution in [1.29, 1.82) is 0 Å². The molecule has 1 aromatic rings. The molecule has 3 N–H and O–H groups in total. The molecule has 0 fully saturated rings. The number of carboxylic acids is 1. The number of hydrogen-bond donors (Lipinski definition) is 3. The number of aliphatic carboxylic acids is 1. The molecule has 0 spiro atoms. The Hall–Kier alpha value is -2.37. The van der Waals surface area contributed by atoms with Crippen molar-refractivity contribution in [3.63, 3.8) is 0 Å². The van der Waals surface area contributed by atoms with Gasteiger partial charge in [-0.2, -0.15) is 0 Å². The van der Waals surface area contributed by atoms with Gasteiger partial charge in [-0.1, -0.05) is 19.1 Å². The highest BCUT2D eigenvalue weighted by molar-refractivity contribution is 6.02. The van der Waals surface area contributed by atoms with Gasteiger partial charge in [0.05, 0.1) is 5.92 Å². The van der Waals surface area contributed by atoms with Crippen molar-refractivity contribution in [2.75, 3.05) is 11.9 Å². The van der Waals surface area contributed by atoms with Crippen molar-refractivity contribution in [2.45, 2.75) is 51.4 Å². The van der Waals surface area contributed by atoms with Gasteiger partial charge in [0.1, 0.15) is 0 Å². The van der Waals surface area contributed by atoms with Gasteiger partial charge in [-0.15, -0.1) is 0 Å². The molecule has 6 nitrogen and oxygen atoms in total. The minimum atomic E-state index is -0.840. The average molecular weight is 332 g/mol. The predicted molar refractivity (Wildman–Crippen MR) is 90.9 cm³/mol. The molecule has 0 saturated heterocycles. The smallest absolute Gasteiger partial charge is 0.303 e. The Morgan fingerprint density at radius 3 is 2.71 bits per heavy atom. The molecule has 0 radical (unpaired) electrons. The molecule has 1 aliphatic heterocycles. The molecule has 0 aromatic heterocycles. The number of benzene rings is 1. The highest BCUT2D eigenvalue weighted by Crippen LogP contribution is 2.35. The lowest BCUT2D eigenvalue weighted by Gasteiger charge is -2.11. The Labute approximate surface area is 141 Å². The number of nitrogens with one attached hydrogen (secondary N) is 2. The summed E-state index contributed by atoms with van der Waals surface area (Å²) in [5.74, 6) is -1.18. The number of carboxylic acid groups (broad SMARTS) is 1. The van der Waals surface area contributed by atoms with Gasteiger partial charge in [-0.25, -0.2) is 0 Å². The van der Waals surface area contributed by atoms with Crippen molar-refractivity contribution in [2.24, 2.45) is 0 Å². The van der Waals surface area contributed by atoms with Crippen LogP contribution in [0.1, 0.15) is 56.1 Å². The van der Waals surface area contributed by atoms with Crippen LogP contribution in [-0.2, 0) is 20.8 Å². The molecule has 1 unspecified atom stereocenters. The van der Waals surface area contributed by atoms with Crippen molar-refractivity contribution >= 4 is 23.5 Å². The molecule has 1 aromatic carbocycles. The maximum absolute atomic E-state index is 12.1. The second kappa shape index (κ2) is 8.47. The van der Waals surface area contributed by atoms with Crippen molar-refractivity contribution < 1.29 is 19.5 Å². The zero-order chi connectivity index (χ0) is 17.5. The zero-order valence-corrected chi connectivity index (χ0v) is 13.9. The van der Waals surface area contributed by atoms with Gasteiger partial charge in [-0.3, -0.25) is 14.4 Å². The highest BCUT2D eigenvalue weighted by Gasteiger charge is 2.30. The maximum atomic E-state index is 12.1. The summed E-state index contributed by atoms with van der Waals surface area (Å²) in [5.41, 5.74) is 3.06. The first kappa shape index (κ1) is 18.0. The van der Waals surface area contributed by atoms with E-state index in [1.807, 2.05) is 12.1 Å². The summed E-state index contributed by atoms with van der Waals surface area (Å²) >= 11 is 0. The lowest BCUT2D eigenvalue weighted by atomic mass is 9.95. The summed E-state index contributed by atoms with van der Waals surface area (Å²) in [5, 5.41) is 14.2. The molecular weight excluding hydrogens is 308 g/mol. The summed E-state index contributed by atoms with van der Waals surface area (Å²) < 4.78 is 0. The van der Waals surface area contributed by atoms with Crippen LogP contribution in [0.25, 0.3) is 0 Å². The Kier molecular flexibility index (Phi) is 6.35. The van der Waals surface area contributed by atoms with E-state index in [0.29, 0.717) is 32.2 Å². The fourth-order valence-electron chi connectivity index (χ4n) is 2.89. The third-order valence-corrected chi connectivity index (χ3v) is 4.27. The lowest BCUT2D eigenvalue weighted by Crippen LogP contribution is -2.26. The van der Waals surface area contributed by atoms with E-state index >= 15 is 0 Å². The number of amides is 2. The normalized spacial score (nSPS) is 15.7. The highest BCUT2D eigenvalue weighted by atomic mass is 16.4. The van der Waals surface area contributed by atoms with Crippen LogP contribution >= 0.6 is 0 Å². The van der Waals surface area contributed by atoms with Crippen molar-refractivity contribution in [3.05, 3.63) is 29.3 Å². The third kappa shape index (κ3) is 4.81. The molecule has 0 saturated carbocycles. The topological polar surface area (TPSA) is 95.5 Å². The largest absolute Gasteiger partial charge is 0.481 e. The van der Waals surface area contributed by atoms with Gasteiger partial charge in [0.25, 0.3) is 0 Å². The fourth-order valence-corrected chi connectivity index (χ4v) is 2.89. The van der Waals surface area contributed by atoms with E-state index in [-0.39, 0.29) is 24.2 Å². The predicted octanol–water partition coefficient (Wildman–Crippen LogP) is 2.44. The van der Waals surface area contributed by atoms with E-state index in [9.17, 15) is 14.4 Å². The molecule has 1 heterocycles. The van der Waals surface area contributed by atoms with Gasteiger partial charge in [0.15, 0.2) is 0 Å². The quantitative estimate of drug-likeness (QED) is 0.605. The molecular formula is C18H24N2O4. The average Bonchev–Trinajstić information content (AvgIpc) is 2.86. The van der Waals surface area contributed by atoms with E-state index < -0.39 is 5.97 Å². The first-order chi connectivity index (χ1) is 11.5. The zero-order valence-electron chi connectivity index (χ0n) is 13.9. The minimum absolute atomic E-state index is 0.0195. The Morgan fingerprint density at radius 2 is 2.00 bits per heavy atom. The summed E-state index contributed by atoms with van der Waals surface area (Å²) in [7, 11) is 0. The summed E-state index contributed by atoms with van der Waals surface area (Å²) in [6.45, 7) is 2.51. The van der Waals surface area contributed by atoms with Crippen LogP contribution in [0.4, 0.5) is 5.69 Å². The fraction of sp³-hybridized carbons (Fsp3) is 0.500. The standard InChI is InChI=1S/C18H24N2O4/c1-2-12-7-8-15-14(11-12)13(18(24)20-15)9-10-19-16(21)5-3-4-6-17(22)23/h7-8,11,13H,2-6,9-10H2,1H3,(H,19,21)(H,20,24)(H,22,23). The van der Waals surface area contributed by atoms with Crippen LogP contribution in [0.2, 0.25) is 0 Å². The van der Waals surface area contributed by atoms with E-state index in [1.54, 1.807) is 0 Å². The Morgan fingerprint density at radius 1 is 1.25 bits per heavy atom. The number of anilines is 1. The second-order valence-electron chi connectivity index (χ2n) is 6.06. The van der Waals surface area contributed by atoms with Crippen molar-refractivity contribution in [3.8, 4) is 0 Å². The first-order valence-corrected chi connectivity index (χ1v) is 8.43. The van der Waals surface area contributed by atoms with Crippen molar-refractivity contribution in [1.82, 2.24) is 5.32 Å². The van der Waals surface area contributed by atoms with Crippen LogP contribution in [0.5, 0.6) is 0 Å². The minimum Gasteiger partial charge on any atom is -0.481 e. The van der Waals surface area contributed by atoms with E-state index in [1.165, 1.54) is 5.56 Å². The number of unbranched alkanes of at least 4 members (excludes halogenated alkanes) is 1. The number of aryl methyl sites for hydroxylation is 1. The Balaban J connectivity index is 1.78. The molecule has 2 rings (SSSR count). The Bertz CT molecular complexity index is 627. The van der Waals surface area contributed by atoms with E-state index in [2.05, 4.69) is 23.6 Å². The number of carbonyl (C=O) groups is 3. The molecule has 1 aliphatic rings. The molecule has 2 amide bonds. The van der Waals surface area contributed by atoms with Gasteiger partial charge in [-0.05, 0) is 42.9 Å². The maximum Gasteiger partial charge on any atom is 0.303 e. The molecule has 0 aliphatic carbocycles. The second-order valence-corrected chi connectivity index (χ2v) is 6.06. The summed E-state index contributed by atoms with van der Waals surface area (Å²) in [6, 6.07) is 6.01. The van der Waals surface area contributed by atoms with Crippen LogP contribution in [0, 0.1) is 0 Å². The molecule has 130 valence electrons. The number of hydrogen-bond acceptors (Lipinski definition) is 3. The van der Waals surface area contributed by atoms with Crippen LogP contribution in [0.3, 0.4) is 0 Å². The number of fused-ring (bicyclic) bond motifs is 1. The van der Waals surface area contributed by atoms with E-state index in [4.69, 9.17) is 5.11 Å². The van der Waals surface area contributed by atoms with Gasteiger partial charge in [0.2, 0.25) is 11.8 Å². The number of rotatable bonds is 9. The molecule has 1 atom stereocenters. The molecule has 24 heavy (non-hydrogen) atoms. The molecule has 0 bridgehead atoms.